The van der Waals surface area contributed by atoms with Gasteiger partial charge in [0.2, 0.25) is 0 Å². The van der Waals surface area contributed by atoms with E-state index in [9.17, 15) is 4.79 Å². The Morgan fingerprint density at radius 1 is 1.06 bits per heavy atom. The van der Waals surface area contributed by atoms with Gasteiger partial charge in [0.25, 0.3) is 5.91 Å². The van der Waals surface area contributed by atoms with E-state index >= 15 is 0 Å². The van der Waals surface area contributed by atoms with Crippen molar-refractivity contribution in [3.8, 4) is 0 Å². The third kappa shape index (κ3) is 2.93. The monoisotopic (exact) mass is 267 g/mol. The van der Waals surface area contributed by atoms with E-state index in [4.69, 9.17) is 23.2 Å². The molecular formula is C11H7Cl2N3O. The molecule has 1 heterocycles. The topological polar surface area (TPSA) is 54.9 Å². The van der Waals surface area contributed by atoms with Crippen LogP contribution in [0.15, 0.2) is 36.4 Å². The van der Waals surface area contributed by atoms with Crippen molar-refractivity contribution in [1.29, 1.82) is 0 Å². The second-order valence-electron chi connectivity index (χ2n) is 3.18. The molecule has 0 unspecified atom stereocenters. The van der Waals surface area contributed by atoms with Gasteiger partial charge in [0, 0.05) is 0 Å². The summed E-state index contributed by atoms with van der Waals surface area (Å²) in [6.07, 6.45) is 0. The Bertz CT molecular complexity index is 543. The smallest absolute Gasteiger partial charge is 0.258 e. The van der Waals surface area contributed by atoms with Crippen LogP contribution in [0, 0.1) is 0 Å². The summed E-state index contributed by atoms with van der Waals surface area (Å²) < 4.78 is 0. The molecule has 4 nitrogen and oxygen atoms in total. The highest BCUT2D eigenvalue weighted by Gasteiger charge is 2.10. The maximum atomic E-state index is 11.8. The summed E-state index contributed by atoms with van der Waals surface area (Å²) in [5, 5.41) is 10.5. The van der Waals surface area contributed by atoms with Crippen LogP contribution in [-0.4, -0.2) is 16.1 Å². The first kappa shape index (κ1) is 11.8. The van der Waals surface area contributed by atoms with Gasteiger partial charge in [-0.05, 0) is 24.3 Å². The molecule has 86 valence electrons. The maximum absolute atomic E-state index is 11.8. The van der Waals surface area contributed by atoms with Crippen molar-refractivity contribution in [1.82, 2.24) is 10.2 Å². The Kier molecular flexibility index (Phi) is 3.56. The SMILES string of the molecule is O=C(Nc1ccc(Cl)nn1)c1ccccc1Cl. The van der Waals surface area contributed by atoms with Crippen LogP contribution in [-0.2, 0) is 0 Å². The van der Waals surface area contributed by atoms with E-state index < -0.39 is 0 Å². The van der Waals surface area contributed by atoms with E-state index in [2.05, 4.69) is 15.5 Å². The summed E-state index contributed by atoms with van der Waals surface area (Å²) in [6.45, 7) is 0. The van der Waals surface area contributed by atoms with Gasteiger partial charge in [-0.3, -0.25) is 4.79 Å². The molecule has 2 rings (SSSR count). The number of carbonyl (C=O) groups is 1. The molecule has 0 atom stereocenters. The van der Waals surface area contributed by atoms with Crippen LogP contribution in [0.4, 0.5) is 5.82 Å². The minimum absolute atomic E-state index is 0.265. The van der Waals surface area contributed by atoms with Gasteiger partial charge in [-0.1, -0.05) is 35.3 Å². The third-order valence-electron chi connectivity index (χ3n) is 1.99. The second kappa shape index (κ2) is 5.12. The highest BCUT2D eigenvalue weighted by Crippen LogP contribution is 2.16. The van der Waals surface area contributed by atoms with Crippen molar-refractivity contribution < 1.29 is 4.79 Å². The van der Waals surface area contributed by atoms with Gasteiger partial charge < -0.3 is 5.32 Å². The van der Waals surface area contributed by atoms with Gasteiger partial charge in [-0.2, -0.15) is 0 Å². The Balaban J connectivity index is 2.17. The predicted molar refractivity (Wildman–Crippen MR) is 66.4 cm³/mol. The van der Waals surface area contributed by atoms with E-state index in [1.165, 1.54) is 6.07 Å². The Morgan fingerprint density at radius 3 is 2.47 bits per heavy atom. The van der Waals surface area contributed by atoms with Crippen LogP contribution in [0.5, 0.6) is 0 Å². The summed E-state index contributed by atoms with van der Waals surface area (Å²) >= 11 is 11.5. The van der Waals surface area contributed by atoms with Crippen molar-refractivity contribution in [2.45, 2.75) is 0 Å². The summed E-state index contributed by atoms with van der Waals surface area (Å²) in [5.41, 5.74) is 0.380. The molecule has 0 radical (unpaired) electrons. The van der Waals surface area contributed by atoms with Gasteiger partial charge >= 0.3 is 0 Å². The molecule has 0 spiro atoms. The first-order chi connectivity index (χ1) is 8.16. The summed E-state index contributed by atoms with van der Waals surface area (Å²) in [4.78, 5) is 11.8. The number of anilines is 1. The predicted octanol–water partition coefficient (Wildman–Crippen LogP) is 3.04. The van der Waals surface area contributed by atoms with Crippen LogP contribution in [0.2, 0.25) is 10.2 Å². The number of nitrogens with zero attached hydrogens (tertiary/aromatic N) is 2. The van der Waals surface area contributed by atoms with E-state index in [1.807, 2.05) is 0 Å². The Hall–Kier alpha value is -1.65. The quantitative estimate of drug-likeness (QED) is 0.910. The van der Waals surface area contributed by atoms with E-state index in [-0.39, 0.29) is 11.1 Å². The van der Waals surface area contributed by atoms with Gasteiger partial charge in [0.1, 0.15) is 0 Å². The number of halogens is 2. The lowest BCUT2D eigenvalue weighted by atomic mass is 10.2. The highest BCUT2D eigenvalue weighted by atomic mass is 35.5. The fourth-order valence-corrected chi connectivity index (χ4v) is 1.53. The van der Waals surface area contributed by atoms with Crippen LogP contribution in [0.25, 0.3) is 0 Å². The molecule has 1 N–H and O–H groups in total. The molecule has 1 amide bonds. The number of nitrogens with one attached hydrogen (secondary N) is 1. The number of benzene rings is 1. The van der Waals surface area contributed by atoms with Crippen LogP contribution in [0.1, 0.15) is 10.4 Å². The van der Waals surface area contributed by atoms with Crippen LogP contribution >= 0.6 is 23.2 Å². The fourth-order valence-electron chi connectivity index (χ4n) is 1.21. The molecule has 0 saturated carbocycles. The largest absolute Gasteiger partial charge is 0.305 e. The molecule has 0 aliphatic carbocycles. The van der Waals surface area contributed by atoms with Gasteiger partial charge in [-0.15, -0.1) is 10.2 Å². The Labute approximate surface area is 108 Å². The zero-order valence-corrected chi connectivity index (χ0v) is 10.0. The lowest BCUT2D eigenvalue weighted by molar-refractivity contribution is 0.102. The minimum atomic E-state index is -0.341. The standard InChI is InChI=1S/C11H7Cl2N3O/c12-8-4-2-1-3-7(8)11(17)14-10-6-5-9(13)15-16-10/h1-6H,(H,14,16,17). The molecule has 0 saturated heterocycles. The van der Waals surface area contributed by atoms with Crippen LogP contribution < -0.4 is 5.32 Å². The average molecular weight is 268 g/mol. The van der Waals surface area contributed by atoms with Crippen LogP contribution in [0.3, 0.4) is 0 Å². The summed E-state index contributed by atoms with van der Waals surface area (Å²) in [6, 6.07) is 9.85. The number of rotatable bonds is 2. The summed E-state index contributed by atoms with van der Waals surface area (Å²) in [7, 11) is 0. The normalized spacial score (nSPS) is 10.0. The molecule has 0 bridgehead atoms. The molecule has 1 aromatic heterocycles. The zero-order valence-electron chi connectivity index (χ0n) is 8.52. The second-order valence-corrected chi connectivity index (χ2v) is 3.97. The lowest BCUT2D eigenvalue weighted by Gasteiger charge is -2.04. The molecular weight excluding hydrogens is 261 g/mol. The Morgan fingerprint density at radius 2 is 1.82 bits per heavy atom. The van der Waals surface area contributed by atoms with Gasteiger partial charge in [0.05, 0.1) is 10.6 Å². The molecule has 0 aliphatic rings. The minimum Gasteiger partial charge on any atom is -0.305 e. The number of hydrogen-bond donors (Lipinski definition) is 1. The first-order valence-electron chi connectivity index (χ1n) is 4.72. The number of carbonyl (C=O) groups excluding carboxylic acids is 1. The number of aromatic nitrogens is 2. The first-order valence-corrected chi connectivity index (χ1v) is 5.47. The molecule has 17 heavy (non-hydrogen) atoms. The molecule has 2 aromatic rings. The van der Waals surface area contributed by atoms with E-state index in [0.29, 0.717) is 16.4 Å². The molecule has 0 aliphatic heterocycles. The van der Waals surface area contributed by atoms with Crippen molar-refractivity contribution in [2.24, 2.45) is 0 Å². The van der Waals surface area contributed by atoms with E-state index in [0.717, 1.165) is 0 Å². The van der Waals surface area contributed by atoms with E-state index in [1.54, 1.807) is 30.3 Å². The van der Waals surface area contributed by atoms with Crippen molar-refractivity contribution in [3.63, 3.8) is 0 Å². The highest BCUT2D eigenvalue weighted by molar-refractivity contribution is 6.34. The molecule has 0 fully saturated rings. The van der Waals surface area contributed by atoms with Gasteiger partial charge in [0.15, 0.2) is 11.0 Å². The molecule has 6 heteroatoms. The van der Waals surface area contributed by atoms with Crippen molar-refractivity contribution in [3.05, 3.63) is 52.1 Å². The number of hydrogen-bond acceptors (Lipinski definition) is 3. The molecule has 1 aromatic carbocycles. The summed E-state index contributed by atoms with van der Waals surface area (Å²) in [5.74, 6) is -0.0217. The van der Waals surface area contributed by atoms with Gasteiger partial charge in [-0.25, -0.2) is 0 Å². The average Bonchev–Trinajstić information content (AvgIpc) is 2.32. The number of amides is 1. The van der Waals surface area contributed by atoms with Crippen molar-refractivity contribution in [2.75, 3.05) is 5.32 Å². The van der Waals surface area contributed by atoms with Crippen molar-refractivity contribution >= 4 is 34.9 Å². The fraction of sp³-hybridized carbons (Fsp3) is 0. The lowest BCUT2D eigenvalue weighted by Crippen LogP contribution is -2.13. The third-order valence-corrected chi connectivity index (χ3v) is 2.52. The zero-order chi connectivity index (χ0) is 12.3. The maximum Gasteiger partial charge on any atom is 0.258 e.